The summed E-state index contributed by atoms with van der Waals surface area (Å²) >= 11 is 0. The third-order valence-electron chi connectivity index (χ3n) is 5.46. The molecule has 2 aromatic heterocycles. The van der Waals surface area contributed by atoms with Crippen LogP contribution in [0.15, 0.2) is 29.6 Å². The molecule has 11 heteroatoms. The summed E-state index contributed by atoms with van der Waals surface area (Å²) in [6, 6.07) is 1.82. The maximum atomic E-state index is 13.3. The molecule has 2 aromatic rings. The maximum absolute atomic E-state index is 13.3. The van der Waals surface area contributed by atoms with Crippen molar-refractivity contribution in [3.05, 3.63) is 30.4 Å². The number of rotatable bonds is 4. The fourth-order valence-electron chi connectivity index (χ4n) is 3.67. The minimum atomic E-state index is -4.84. The molecular weight excluding hydrogens is 395 g/mol. The van der Waals surface area contributed by atoms with Gasteiger partial charge in [0.25, 0.3) is 0 Å². The van der Waals surface area contributed by atoms with Crippen molar-refractivity contribution in [2.75, 3.05) is 18.0 Å². The molecule has 7 nitrogen and oxygen atoms in total. The van der Waals surface area contributed by atoms with Crippen LogP contribution in [0.5, 0.6) is 0 Å². The van der Waals surface area contributed by atoms with E-state index < -0.39 is 31.3 Å². The first-order chi connectivity index (χ1) is 12.9. The Hall–Kier alpha value is -2.17. The Morgan fingerprint density at radius 3 is 2.32 bits per heavy atom. The van der Waals surface area contributed by atoms with Gasteiger partial charge in [0.05, 0.1) is 22.8 Å². The number of halogens is 3. The van der Waals surface area contributed by atoms with Crippen LogP contribution in [0.4, 0.5) is 18.9 Å². The van der Waals surface area contributed by atoms with Crippen LogP contribution in [-0.2, 0) is 23.1 Å². The number of aryl methyl sites for hydroxylation is 1. The van der Waals surface area contributed by atoms with Gasteiger partial charge in [0.1, 0.15) is 4.90 Å². The number of alkyl halides is 3. The zero-order valence-electron chi connectivity index (χ0n) is 15.8. The van der Waals surface area contributed by atoms with E-state index in [0.29, 0.717) is 25.9 Å². The minimum absolute atomic E-state index is 0.287. The first-order valence-electron chi connectivity index (χ1n) is 8.81. The number of hydrogen-bond donors (Lipinski definition) is 0. The summed E-state index contributed by atoms with van der Waals surface area (Å²) in [5.41, 5.74) is -0.468. The summed E-state index contributed by atoms with van der Waals surface area (Å²) in [4.78, 5) is 1.31. The van der Waals surface area contributed by atoms with Gasteiger partial charge in [-0.25, -0.2) is 8.42 Å². The predicted octanol–water partition coefficient (Wildman–Crippen LogP) is 2.70. The van der Waals surface area contributed by atoms with Crippen LogP contribution in [0, 0.1) is 5.92 Å². The third-order valence-corrected chi connectivity index (χ3v) is 8.05. The van der Waals surface area contributed by atoms with Crippen LogP contribution >= 0.6 is 0 Å². The lowest BCUT2D eigenvalue weighted by atomic mass is 9.85. The van der Waals surface area contributed by atoms with Gasteiger partial charge in [-0.3, -0.25) is 4.68 Å². The van der Waals surface area contributed by atoms with E-state index in [9.17, 15) is 21.6 Å². The van der Waals surface area contributed by atoms with E-state index in [-0.39, 0.29) is 5.92 Å². The molecule has 0 spiro atoms. The Bertz CT molecular complexity index is 933. The Kier molecular flexibility index (Phi) is 5.15. The molecule has 3 rings (SSSR count). The van der Waals surface area contributed by atoms with Crippen molar-refractivity contribution < 1.29 is 21.6 Å². The van der Waals surface area contributed by atoms with Gasteiger partial charge >= 0.3 is 6.18 Å². The summed E-state index contributed by atoms with van der Waals surface area (Å²) in [5.74, 6) is -0.287. The SMILES string of the molecule is Cn1cc(S(=O)(=O)C(C)(C)C2CCN(c3ccnnc3)CC2)c(C(F)(F)F)n1. The van der Waals surface area contributed by atoms with Crippen LogP contribution in [-0.4, -0.2) is 46.2 Å². The lowest BCUT2D eigenvalue weighted by Crippen LogP contribution is -2.46. The second-order valence-corrected chi connectivity index (χ2v) is 9.98. The average molecular weight is 417 g/mol. The normalized spacial score (nSPS) is 17.1. The quantitative estimate of drug-likeness (QED) is 0.761. The Morgan fingerprint density at radius 2 is 1.79 bits per heavy atom. The fourth-order valence-corrected chi connectivity index (χ4v) is 5.61. The zero-order chi connectivity index (χ0) is 20.7. The van der Waals surface area contributed by atoms with E-state index in [4.69, 9.17) is 0 Å². The molecule has 1 aliphatic rings. The second kappa shape index (κ2) is 7.02. The molecule has 154 valence electrons. The van der Waals surface area contributed by atoms with Crippen LogP contribution in [0.1, 0.15) is 32.4 Å². The summed E-state index contributed by atoms with van der Waals surface area (Å²) in [6.07, 6.45) is 0.395. The van der Waals surface area contributed by atoms with Crippen LogP contribution < -0.4 is 4.90 Å². The smallest absolute Gasteiger partial charge is 0.370 e. The highest BCUT2D eigenvalue weighted by Crippen LogP contribution is 2.42. The molecule has 0 aliphatic carbocycles. The van der Waals surface area contributed by atoms with Crippen molar-refractivity contribution >= 4 is 15.5 Å². The maximum Gasteiger partial charge on any atom is 0.436 e. The van der Waals surface area contributed by atoms with Gasteiger partial charge in [0.15, 0.2) is 15.5 Å². The molecule has 0 bridgehead atoms. The Morgan fingerprint density at radius 1 is 1.14 bits per heavy atom. The third kappa shape index (κ3) is 3.59. The van der Waals surface area contributed by atoms with Crippen molar-refractivity contribution in [2.45, 2.75) is 42.5 Å². The van der Waals surface area contributed by atoms with E-state index in [1.54, 1.807) is 12.4 Å². The molecule has 0 aromatic carbocycles. The van der Waals surface area contributed by atoms with E-state index in [1.807, 2.05) is 6.07 Å². The van der Waals surface area contributed by atoms with Crippen molar-refractivity contribution in [3.8, 4) is 0 Å². The predicted molar refractivity (Wildman–Crippen MR) is 96.4 cm³/mol. The molecule has 0 radical (unpaired) electrons. The summed E-state index contributed by atoms with van der Waals surface area (Å²) in [5, 5.41) is 10.9. The molecule has 0 unspecified atom stereocenters. The van der Waals surface area contributed by atoms with Crippen LogP contribution in [0.2, 0.25) is 0 Å². The topological polar surface area (TPSA) is 81.0 Å². The molecule has 3 heterocycles. The van der Waals surface area contributed by atoms with Gasteiger partial charge in [-0.05, 0) is 38.7 Å². The summed E-state index contributed by atoms with van der Waals surface area (Å²) in [7, 11) is -2.98. The highest BCUT2D eigenvalue weighted by Gasteiger charge is 2.49. The fraction of sp³-hybridized carbons (Fsp3) is 0.588. The lowest BCUT2D eigenvalue weighted by Gasteiger charge is -2.40. The van der Waals surface area contributed by atoms with Gasteiger partial charge in [0.2, 0.25) is 0 Å². The summed E-state index contributed by atoms with van der Waals surface area (Å²) < 4.78 is 65.8. The number of nitrogens with zero attached hydrogens (tertiary/aromatic N) is 5. The van der Waals surface area contributed by atoms with Crippen LogP contribution in [0.3, 0.4) is 0 Å². The van der Waals surface area contributed by atoms with Crippen molar-refractivity contribution in [1.29, 1.82) is 0 Å². The Labute approximate surface area is 161 Å². The minimum Gasteiger partial charge on any atom is -0.370 e. The first-order valence-corrected chi connectivity index (χ1v) is 10.3. The number of aromatic nitrogens is 4. The van der Waals surface area contributed by atoms with Gasteiger partial charge in [-0.1, -0.05) is 0 Å². The van der Waals surface area contributed by atoms with E-state index in [2.05, 4.69) is 20.2 Å². The number of piperidine rings is 1. The molecule has 0 atom stereocenters. The van der Waals surface area contributed by atoms with Gasteiger partial charge in [0, 0.05) is 26.3 Å². The summed E-state index contributed by atoms with van der Waals surface area (Å²) in [6.45, 7) is 4.19. The van der Waals surface area contributed by atoms with Gasteiger partial charge in [-0.2, -0.15) is 28.5 Å². The average Bonchev–Trinajstić information content (AvgIpc) is 3.05. The first kappa shape index (κ1) is 20.6. The highest BCUT2D eigenvalue weighted by atomic mass is 32.2. The number of hydrogen-bond acceptors (Lipinski definition) is 6. The molecule has 0 N–H and O–H groups in total. The van der Waals surface area contributed by atoms with Gasteiger partial charge in [-0.15, -0.1) is 0 Å². The molecule has 0 amide bonds. The van der Waals surface area contributed by atoms with E-state index in [0.717, 1.165) is 16.6 Å². The molecule has 1 saturated heterocycles. The van der Waals surface area contributed by atoms with Crippen molar-refractivity contribution in [2.24, 2.45) is 13.0 Å². The lowest BCUT2D eigenvalue weighted by molar-refractivity contribution is -0.143. The monoisotopic (exact) mass is 417 g/mol. The van der Waals surface area contributed by atoms with Crippen molar-refractivity contribution in [3.63, 3.8) is 0 Å². The standard InChI is InChI=1S/C17H22F3N5O2S/c1-16(2,12-5-8-25(9-6-12)13-4-7-21-22-10-13)28(26,27)14-11-24(3)23-15(14)17(18,19)20/h4,7,10-12H,5-6,8-9H2,1-3H3. The molecule has 0 saturated carbocycles. The van der Waals surface area contributed by atoms with Crippen LogP contribution in [0.25, 0.3) is 0 Å². The van der Waals surface area contributed by atoms with Gasteiger partial charge < -0.3 is 4.90 Å². The molecule has 1 fully saturated rings. The zero-order valence-corrected chi connectivity index (χ0v) is 16.6. The largest absolute Gasteiger partial charge is 0.436 e. The molecule has 1 aliphatic heterocycles. The second-order valence-electron chi connectivity index (χ2n) is 7.48. The Balaban J connectivity index is 1.85. The van der Waals surface area contributed by atoms with E-state index >= 15 is 0 Å². The van der Waals surface area contributed by atoms with E-state index in [1.165, 1.54) is 20.9 Å². The van der Waals surface area contributed by atoms with Crippen molar-refractivity contribution in [1.82, 2.24) is 20.0 Å². The molecule has 28 heavy (non-hydrogen) atoms. The highest BCUT2D eigenvalue weighted by molar-refractivity contribution is 7.92. The molecular formula is C17H22F3N5O2S. The number of anilines is 1. The number of sulfone groups is 1.